The minimum absolute atomic E-state index is 0.393. The van der Waals surface area contributed by atoms with Crippen molar-refractivity contribution in [2.24, 2.45) is 0 Å². The molecule has 2 aliphatic heterocycles. The van der Waals surface area contributed by atoms with Crippen LogP contribution in [-0.2, 0) is 4.57 Å². The van der Waals surface area contributed by atoms with E-state index in [0.29, 0.717) is 17.1 Å². The monoisotopic (exact) mass is 350 g/mol. The number of hydrogen-bond donors (Lipinski definition) is 3. The zero-order valence-electron chi connectivity index (χ0n) is 11.9. The lowest BCUT2D eigenvalue weighted by atomic mass is 10.1. The van der Waals surface area contributed by atoms with Crippen molar-refractivity contribution < 1.29 is 29.1 Å². The number of nitro groups is 1. The first-order valence-electron chi connectivity index (χ1n) is 6.43. The molecule has 2 aromatic carbocycles. The Hall–Kier alpha value is -2.76. The molecule has 124 valence electrons. The highest BCUT2D eigenvalue weighted by atomic mass is 31.2. The topological polar surface area (TPSA) is 154 Å². The molecule has 0 fully saturated rings. The molecule has 0 saturated carbocycles. The van der Waals surface area contributed by atoms with E-state index < -0.39 is 29.6 Å². The van der Waals surface area contributed by atoms with Gasteiger partial charge in [0.2, 0.25) is 0 Å². The van der Waals surface area contributed by atoms with Gasteiger partial charge in [-0.15, -0.1) is 0 Å². The van der Waals surface area contributed by atoms with Gasteiger partial charge in [-0.05, 0) is 18.2 Å². The van der Waals surface area contributed by atoms with Gasteiger partial charge in [-0.3, -0.25) is 14.7 Å². The van der Waals surface area contributed by atoms with Crippen LogP contribution in [0, 0.1) is 21.4 Å². The fraction of sp³-hybridized carbons (Fsp3) is 0.0714. The summed E-state index contributed by atoms with van der Waals surface area (Å²) in [5, 5.41) is 28.1. The summed E-state index contributed by atoms with van der Waals surface area (Å²) in [5.41, 5.74) is -0.235. The Morgan fingerprint density at radius 1 is 1.17 bits per heavy atom. The van der Waals surface area contributed by atoms with E-state index in [0.717, 1.165) is 12.1 Å². The van der Waals surface area contributed by atoms with Crippen molar-refractivity contribution in [1.82, 2.24) is 0 Å². The maximum absolute atomic E-state index is 10.7. The third kappa shape index (κ3) is 3.59. The molecule has 1 unspecified atom stereocenters. The van der Waals surface area contributed by atoms with Crippen LogP contribution >= 0.6 is 7.60 Å². The van der Waals surface area contributed by atoms with Crippen molar-refractivity contribution >= 4 is 13.3 Å². The third-order valence-corrected chi connectivity index (χ3v) is 3.97. The first-order valence-corrected chi connectivity index (χ1v) is 8.11. The van der Waals surface area contributed by atoms with Gasteiger partial charge in [0, 0.05) is 6.07 Å². The van der Waals surface area contributed by atoms with Crippen molar-refractivity contribution in [3.8, 4) is 17.6 Å². The number of nitriles is 1. The van der Waals surface area contributed by atoms with E-state index in [9.17, 15) is 19.8 Å². The molecular weight excluding hydrogens is 339 g/mol. The fourth-order valence-electron chi connectivity index (χ4n) is 1.92. The molecule has 0 aromatic heterocycles. The second kappa shape index (κ2) is 6.78. The Morgan fingerprint density at radius 2 is 1.75 bits per heavy atom. The van der Waals surface area contributed by atoms with E-state index in [1.807, 2.05) is 12.1 Å². The lowest BCUT2D eigenvalue weighted by Crippen LogP contribution is -2.02. The molecule has 0 spiro atoms. The van der Waals surface area contributed by atoms with Gasteiger partial charge in [0.15, 0.2) is 5.85 Å². The molecule has 10 heteroatoms. The van der Waals surface area contributed by atoms with E-state index in [1.165, 1.54) is 12.1 Å². The molecule has 2 aliphatic rings. The Labute approximate surface area is 135 Å². The number of fused-ring (bicyclic) bond motifs is 2. The van der Waals surface area contributed by atoms with E-state index in [-0.39, 0.29) is 0 Å². The van der Waals surface area contributed by atoms with Gasteiger partial charge in [0.1, 0.15) is 23.1 Å². The predicted octanol–water partition coefficient (Wildman–Crippen LogP) is 2.43. The normalized spacial score (nSPS) is 12.6. The van der Waals surface area contributed by atoms with E-state index in [2.05, 4.69) is 0 Å². The minimum atomic E-state index is -4.79. The summed E-state index contributed by atoms with van der Waals surface area (Å²) in [4.78, 5) is 27.1. The zero-order chi connectivity index (χ0) is 17.9. The van der Waals surface area contributed by atoms with Crippen LogP contribution in [0.4, 0.5) is 5.69 Å². The van der Waals surface area contributed by atoms with Gasteiger partial charge >= 0.3 is 7.60 Å². The van der Waals surface area contributed by atoms with Crippen LogP contribution in [0.3, 0.4) is 0 Å². The zero-order valence-corrected chi connectivity index (χ0v) is 12.8. The lowest BCUT2D eigenvalue weighted by molar-refractivity contribution is -0.386. The Kier molecular flexibility index (Phi) is 4.97. The first-order chi connectivity index (χ1) is 11.3. The number of ether oxygens (including phenoxy) is 1. The molecule has 0 amide bonds. The highest BCUT2D eigenvalue weighted by molar-refractivity contribution is 7.51. The number of para-hydroxylation sites is 1. The van der Waals surface area contributed by atoms with Crippen molar-refractivity contribution in [2.45, 2.75) is 5.85 Å². The standard InChI is InChI=1S/C7H8NO6P.C7H3NO/c9-7(15(12,13)14)5-3-1-2-4-6(5)8(10)11;8-4-5-6-2-1-3-7(5)9-6/h1-4,7,9H,(H2,12,13,14);1-3H. The predicted molar refractivity (Wildman–Crippen MR) is 81.3 cm³/mol. The smallest absolute Gasteiger partial charge is 0.358 e. The number of aliphatic hydroxyl groups is 1. The van der Waals surface area contributed by atoms with E-state index in [4.69, 9.17) is 19.8 Å². The summed E-state index contributed by atoms with van der Waals surface area (Å²) in [6.45, 7) is 0. The number of hydrogen-bond acceptors (Lipinski definition) is 6. The Balaban J connectivity index is 0.000000194. The van der Waals surface area contributed by atoms with Gasteiger partial charge in [-0.1, -0.05) is 18.2 Å². The number of nitrogens with zero attached hydrogens (tertiary/aromatic N) is 2. The van der Waals surface area contributed by atoms with Gasteiger partial charge in [-0.2, -0.15) is 5.26 Å². The third-order valence-electron chi connectivity index (χ3n) is 3.05. The maximum Gasteiger partial charge on any atom is 0.358 e. The van der Waals surface area contributed by atoms with Crippen molar-refractivity contribution in [1.29, 1.82) is 5.26 Å². The molecule has 2 aromatic rings. The first kappa shape index (κ1) is 17.6. The Bertz CT molecular complexity index is 851. The molecule has 9 nitrogen and oxygen atoms in total. The fourth-order valence-corrected chi connectivity index (χ4v) is 2.50. The number of benzene rings is 2. The molecule has 24 heavy (non-hydrogen) atoms. The summed E-state index contributed by atoms with van der Waals surface area (Å²) in [5.74, 6) is -0.760. The molecule has 2 heterocycles. The molecule has 0 radical (unpaired) electrons. The van der Waals surface area contributed by atoms with Crippen LogP contribution in [-0.4, -0.2) is 19.8 Å². The largest absolute Gasteiger partial charge is 0.454 e. The van der Waals surface area contributed by atoms with E-state index in [1.54, 1.807) is 12.1 Å². The van der Waals surface area contributed by atoms with Crippen LogP contribution in [0.5, 0.6) is 11.5 Å². The van der Waals surface area contributed by atoms with Gasteiger partial charge in [0.05, 0.1) is 10.5 Å². The molecule has 0 saturated heterocycles. The summed E-state index contributed by atoms with van der Waals surface area (Å²) in [7, 11) is -4.79. The van der Waals surface area contributed by atoms with Crippen LogP contribution in [0.25, 0.3) is 0 Å². The molecule has 0 aliphatic carbocycles. The summed E-state index contributed by atoms with van der Waals surface area (Å²) in [6.07, 6.45) is 0. The average Bonchev–Trinajstić information content (AvgIpc) is 2.55. The molecule has 3 N–H and O–H groups in total. The van der Waals surface area contributed by atoms with Crippen molar-refractivity contribution in [2.75, 3.05) is 0 Å². The van der Waals surface area contributed by atoms with Crippen LogP contribution in [0.15, 0.2) is 42.5 Å². The van der Waals surface area contributed by atoms with Gasteiger partial charge in [-0.25, -0.2) is 0 Å². The SMILES string of the molecule is N#Cc1c2cccc1O2.O=[N+]([O-])c1ccccc1C(O)P(=O)(O)O. The van der Waals surface area contributed by atoms with Crippen molar-refractivity contribution in [3.05, 3.63) is 63.7 Å². The number of aliphatic hydroxyl groups excluding tert-OH is 1. The lowest BCUT2D eigenvalue weighted by Gasteiger charge is -2.17. The number of rotatable bonds is 3. The molecule has 1 atom stereocenters. The average molecular weight is 350 g/mol. The minimum Gasteiger partial charge on any atom is -0.454 e. The molecular formula is C14H11N2O7P. The maximum atomic E-state index is 10.7. The summed E-state index contributed by atoms with van der Waals surface area (Å²) < 4.78 is 15.7. The van der Waals surface area contributed by atoms with E-state index >= 15 is 0 Å². The van der Waals surface area contributed by atoms with Crippen LogP contribution in [0.2, 0.25) is 0 Å². The van der Waals surface area contributed by atoms with Gasteiger partial charge < -0.3 is 19.6 Å². The quantitative estimate of drug-likeness (QED) is 0.369. The van der Waals surface area contributed by atoms with Crippen molar-refractivity contribution in [3.63, 3.8) is 0 Å². The van der Waals surface area contributed by atoms with Crippen LogP contribution in [0.1, 0.15) is 17.0 Å². The highest BCUT2D eigenvalue weighted by Gasteiger charge is 2.33. The second-order valence-electron chi connectivity index (χ2n) is 4.62. The summed E-state index contributed by atoms with van der Waals surface area (Å²) >= 11 is 0. The van der Waals surface area contributed by atoms with Crippen LogP contribution < -0.4 is 4.74 Å². The highest BCUT2D eigenvalue weighted by Crippen LogP contribution is 2.51. The summed E-state index contributed by atoms with van der Waals surface area (Å²) in [6, 6.07) is 12.3. The second-order valence-corrected chi connectivity index (χ2v) is 6.29. The number of nitro benzene ring substituents is 1. The molecule has 2 bridgehead atoms. The molecule has 4 rings (SSSR count). The van der Waals surface area contributed by atoms with Gasteiger partial charge in [0.25, 0.3) is 5.69 Å². The Morgan fingerprint density at radius 3 is 2.17 bits per heavy atom.